The summed E-state index contributed by atoms with van der Waals surface area (Å²) in [6.45, 7) is 3.51. The van der Waals surface area contributed by atoms with E-state index in [0.29, 0.717) is 12.5 Å². The van der Waals surface area contributed by atoms with Crippen LogP contribution >= 0.6 is 0 Å². The van der Waals surface area contributed by atoms with Crippen LogP contribution in [-0.2, 0) is 0 Å². The minimum Gasteiger partial charge on any atom is -0.353 e. The minimum atomic E-state index is 0.665. The highest BCUT2D eigenvalue weighted by Gasteiger charge is 2.03. The van der Waals surface area contributed by atoms with E-state index in [1.807, 2.05) is 25.3 Å². The van der Waals surface area contributed by atoms with Gasteiger partial charge in [-0.25, -0.2) is 4.52 Å². The fourth-order valence-corrected chi connectivity index (χ4v) is 1.42. The van der Waals surface area contributed by atoms with E-state index < -0.39 is 0 Å². The lowest BCUT2D eigenvalue weighted by atomic mass is 10.3. The van der Waals surface area contributed by atoms with Gasteiger partial charge in [0.2, 0.25) is 5.95 Å². The first-order valence-electron chi connectivity index (χ1n) is 5.07. The molecule has 2 rings (SSSR count). The number of rotatable bonds is 4. The van der Waals surface area contributed by atoms with Crippen LogP contribution in [0.25, 0.3) is 5.65 Å². The summed E-state index contributed by atoms with van der Waals surface area (Å²) in [7, 11) is 0. The molecule has 0 bridgehead atoms. The van der Waals surface area contributed by atoms with Crippen LogP contribution < -0.4 is 11.1 Å². The molecule has 3 N–H and O–H groups in total. The summed E-state index contributed by atoms with van der Waals surface area (Å²) in [5, 5.41) is 7.44. The number of nitrogens with two attached hydrogens (primary N) is 1. The smallest absolute Gasteiger partial charge is 0.243 e. The van der Waals surface area contributed by atoms with Crippen LogP contribution in [0, 0.1) is 6.92 Å². The predicted molar refractivity (Wildman–Crippen MR) is 59.9 cm³/mol. The highest BCUT2D eigenvalue weighted by molar-refractivity contribution is 5.49. The Morgan fingerprint density at radius 2 is 2.40 bits per heavy atom. The Balaban J connectivity index is 2.20. The number of hydrogen-bond donors (Lipinski definition) is 2. The lowest BCUT2D eigenvalue weighted by molar-refractivity contribution is 0.859. The van der Waals surface area contributed by atoms with Gasteiger partial charge in [-0.15, -0.1) is 5.10 Å². The molecule has 0 spiro atoms. The lowest BCUT2D eigenvalue weighted by Crippen LogP contribution is -2.09. The summed E-state index contributed by atoms with van der Waals surface area (Å²) < 4.78 is 1.78. The molecule has 0 aliphatic heterocycles. The number of fused-ring (bicyclic) bond motifs is 1. The highest BCUT2D eigenvalue weighted by atomic mass is 15.3. The molecule has 0 unspecified atom stereocenters. The first-order valence-corrected chi connectivity index (χ1v) is 5.07. The summed E-state index contributed by atoms with van der Waals surface area (Å²) in [5.41, 5.74) is 7.42. The third-order valence-corrected chi connectivity index (χ3v) is 2.22. The molecule has 0 saturated carbocycles. The van der Waals surface area contributed by atoms with Crippen LogP contribution in [0.4, 0.5) is 5.95 Å². The third-order valence-electron chi connectivity index (χ3n) is 2.22. The number of aromatic nitrogens is 3. The molecule has 2 aromatic rings. The molecule has 5 nitrogen and oxygen atoms in total. The molecule has 0 radical (unpaired) electrons. The number of aryl methyl sites for hydroxylation is 1. The van der Waals surface area contributed by atoms with Gasteiger partial charge in [-0.2, -0.15) is 4.98 Å². The van der Waals surface area contributed by atoms with E-state index in [4.69, 9.17) is 5.73 Å². The Bertz CT molecular complexity index is 448. The van der Waals surface area contributed by atoms with Crippen molar-refractivity contribution in [3.05, 3.63) is 23.9 Å². The van der Waals surface area contributed by atoms with Crippen molar-refractivity contribution in [2.45, 2.75) is 13.3 Å². The van der Waals surface area contributed by atoms with Crippen molar-refractivity contribution in [3.8, 4) is 0 Å². The molecule has 0 amide bonds. The Kier molecular flexibility index (Phi) is 2.82. The number of hydrogen-bond acceptors (Lipinski definition) is 4. The number of anilines is 1. The Morgan fingerprint density at radius 3 is 3.13 bits per heavy atom. The standard InChI is InChI=1S/C10H15N5/c1-8-4-2-7-15-9(8)13-10(14-15)12-6-3-5-11/h2,4,7H,3,5-6,11H2,1H3,(H,12,14). The zero-order valence-electron chi connectivity index (χ0n) is 8.77. The Labute approximate surface area is 88.3 Å². The average molecular weight is 205 g/mol. The molecule has 0 saturated heterocycles. The third kappa shape index (κ3) is 2.07. The number of nitrogens with zero attached hydrogens (tertiary/aromatic N) is 3. The molecule has 0 aliphatic rings. The van der Waals surface area contributed by atoms with Gasteiger partial charge in [0.05, 0.1) is 0 Å². The van der Waals surface area contributed by atoms with Crippen molar-refractivity contribution < 1.29 is 0 Å². The fraction of sp³-hybridized carbons (Fsp3) is 0.400. The molecular weight excluding hydrogens is 190 g/mol. The molecular formula is C10H15N5. The van der Waals surface area contributed by atoms with E-state index in [0.717, 1.165) is 24.2 Å². The number of nitrogens with one attached hydrogen (secondary N) is 1. The quantitative estimate of drug-likeness (QED) is 0.724. The molecule has 2 aromatic heterocycles. The molecule has 0 aliphatic carbocycles. The van der Waals surface area contributed by atoms with Crippen LogP contribution in [0.2, 0.25) is 0 Å². The van der Waals surface area contributed by atoms with E-state index in [1.54, 1.807) is 4.52 Å². The van der Waals surface area contributed by atoms with Crippen molar-refractivity contribution in [3.63, 3.8) is 0 Å². The van der Waals surface area contributed by atoms with E-state index in [-0.39, 0.29) is 0 Å². The monoisotopic (exact) mass is 205 g/mol. The topological polar surface area (TPSA) is 68.2 Å². The second kappa shape index (κ2) is 4.27. The molecule has 2 heterocycles. The van der Waals surface area contributed by atoms with Gasteiger partial charge in [-0.1, -0.05) is 6.07 Å². The van der Waals surface area contributed by atoms with Crippen molar-refractivity contribution >= 4 is 11.6 Å². The van der Waals surface area contributed by atoms with E-state index >= 15 is 0 Å². The van der Waals surface area contributed by atoms with Crippen molar-refractivity contribution in [1.29, 1.82) is 0 Å². The van der Waals surface area contributed by atoms with Gasteiger partial charge in [0.15, 0.2) is 5.65 Å². The van der Waals surface area contributed by atoms with Gasteiger partial charge < -0.3 is 11.1 Å². The SMILES string of the molecule is Cc1cccn2nc(NCCCN)nc12. The van der Waals surface area contributed by atoms with Gasteiger partial charge >= 0.3 is 0 Å². The van der Waals surface area contributed by atoms with Crippen molar-refractivity contribution in [2.24, 2.45) is 5.73 Å². The zero-order chi connectivity index (χ0) is 10.7. The second-order valence-corrected chi connectivity index (χ2v) is 3.46. The summed E-state index contributed by atoms with van der Waals surface area (Å²) in [4.78, 5) is 4.38. The fourth-order valence-electron chi connectivity index (χ4n) is 1.42. The number of pyridine rings is 1. The average Bonchev–Trinajstić information content (AvgIpc) is 2.63. The van der Waals surface area contributed by atoms with Gasteiger partial charge in [0.1, 0.15) is 0 Å². The van der Waals surface area contributed by atoms with Gasteiger partial charge in [0, 0.05) is 12.7 Å². The van der Waals surface area contributed by atoms with Crippen LogP contribution in [0.1, 0.15) is 12.0 Å². The molecule has 0 aromatic carbocycles. The maximum absolute atomic E-state index is 5.41. The second-order valence-electron chi connectivity index (χ2n) is 3.46. The minimum absolute atomic E-state index is 0.665. The normalized spacial score (nSPS) is 10.8. The van der Waals surface area contributed by atoms with Gasteiger partial charge in [0.25, 0.3) is 0 Å². The highest BCUT2D eigenvalue weighted by Crippen LogP contribution is 2.09. The first-order chi connectivity index (χ1) is 7.31. The van der Waals surface area contributed by atoms with Crippen LogP contribution in [-0.4, -0.2) is 27.7 Å². The molecule has 15 heavy (non-hydrogen) atoms. The summed E-state index contributed by atoms with van der Waals surface area (Å²) >= 11 is 0. The van der Waals surface area contributed by atoms with Crippen molar-refractivity contribution in [2.75, 3.05) is 18.4 Å². The van der Waals surface area contributed by atoms with Crippen LogP contribution in [0.3, 0.4) is 0 Å². The molecule has 80 valence electrons. The van der Waals surface area contributed by atoms with Gasteiger partial charge in [-0.05, 0) is 31.5 Å². The van der Waals surface area contributed by atoms with Crippen LogP contribution in [0.5, 0.6) is 0 Å². The summed E-state index contributed by atoms with van der Waals surface area (Å²) in [6.07, 6.45) is 2.82. The largest absolute Gasteiger partial charge is 0.353 e. The maximum Gasteiger partial charge on any atom is 0.243 e. The van der Waals surface area contributed by atoms with E-state index in [9.17, 15) is 0 Å². The zero-order valence-corrected chi connectivity index (χ0v) is 8.77. The van der Waals surface area contributed by atoms with E-state index in [2.05, 4.69) is 15.4 Å². The maximum atomic E-state index is 5.41. The Hall–Kier alpha value is -1.62. The predicted octanol–water partition coefficient (Wildman–Crippen LogP) is 0.798. The summed E-state index contributed by atoms with van der Waals surface area (Å²) in [5.74, 6) is 0.665. The van der Waals surface area contributed by atoms with Gasteiger partial charge in [-0.3, -0.25) is 0 Å². The van der Waals surface area contributed by atoms with Crippen molar-refractivity contribution in [1.82, 2.24) is 14.6 Å². The molecule has 5 heteroatoms. The Morgan fingerprint density at radius 1 is 1.53 bits per heavy atom. The van der Waals surface area contributed by atoms with E-state index in [1.165, 1.54) is 0 Å². The first kappa shape index (κ1) is 9.92. The lowest BCUT2D eigenvalue weighted by Gasteiger charge is -1.97. The van der Waals surface area contributed by atoms with Crippen LogP contribution in [0.15, 0.2) is 18.3 Å². The molecule has 0 atom stereocenters. The molecule has 0 fully saturated rings. The summed E-state index contributed by atoms with van der Waals surface area (Å²) in [6, 6.07) is 3.98.